The minimum absolute atomic E-state index is 0.156. The highest BCUT2D eigenvalue weighted by Crippen LogP contribution is 2.43. The maximum absolute atomic E-state index is 12.8. The van der Waals surface area contributed by atoms with Gasteiger partial charge in [0, 0.05) is 19.3 Å². The molecule has 0 saturated carbocycles. The van der Waals surface area contributed by atoms with Crippen molar-refractivity contribution in [2.75, 3.05) is 26.4 Å². The van der Waals surface area contributed by atoms with Gasteiger partial charge in [0.25, 0.3) is 0 Å². The summed E-state index contributed by atoms with van der Waals surface area (Å²) in [7, 11) is -4.73. The number of unbranched alkanes of at least 4 members (excludes halogenated alkanes) is 26. The predicted molar refractivity (Wildman–Crippen MR) is 252 cm³/mol. The van der Waals surface area contributed by atoms with E-state index in [1.165, 1.54) is 96.3 Å². The van der Waals surface area contributed by atoms with Crippen molar-refractivity contribution < 1.29 is 52.2 Å². The summed E-state index contributed by atoms with van der Waals surface area (Å²) < 4.78 is 39.2. The monoisotopic (exact) mass is 901 g/mol. The van der Waals surface area contributed by atoms with Crippen LogP contribution in [-0.2, 0) is 42.2 Å². The van der Waals surface area contributed by atoms with Gasteiger partial charge in [-0.1, -0.05) is 199 Å². The number of hydrogen-bond acceptors (Lipinski definition) is 10. The van der Waals surface area contributed by atoms with Gasteiger partial charge in [0.05, 0.1) is 19.8 Å². The first-order valence-electron chi connectivity index (χ1n) is 25.2. The van der Waals surface area contributed by atoms with Crippen molar-refractivity contribution in [3.05, 3.63) is 24.3 Å². The van der Waals surface area contributed by atoms with E-state index in [4.69, 9.17) is 23.3 Å². The molecule has 11 nitrogen and oxygen atoms in total. The normalized spacial score (nSPS) is 13.7. The van der Waals surface area contributed by atoms with E-state index in [0.717, 1.165) is 83.5 Å². The lowest BCUT2D eigenvalue weighted by molar-refractivity contribution is -0.161. The van der Waals surface area contributed by atoms with E-state index >= 15 is 0 Å². The summed E-state index contributed by atoms with van der Waals surface area (Å²) in [4.78, 5) is 48.1. The number of aliphatic hydroxyl groups is 1. The van der Waals surface area contributed by atoms with Gasteiger partial charge >= 0.3 is 25.7 Å². The molecule has 0 fully saturated rings. The van der Waals surface area contributed by atoms with Gasteiger partial charge in [-0.05, 0) is 44.9 Å². The lowest BCUT2D eigenvalue weighted by Crippen LogP contribution is -2.30. The van der Waals surface area contributed by atoms with Crippen LogP contribution >= 0.6 is 7.82 Å². The van der Waals surface area contributed by atoms with Crippen LogP contribution in [0.2, 0.25) is 0 Å². The Bertz CT molecular complexity index is 1140. The molecule has 0 aliphatic rings. The molecule has 62 heavy (non-hydrogen) atoms. The number of allylic oxidation sites excluding steroid dienone is 4. The van der Waals surface area contributed by atoms with Gasteiger partial charge in [-0.15, -0.1) is 0 Å². The van der Waals surface area contributed by atoms with E-state index in [1.54, 1.807) is 0 Å². The Labute approximate surface area is 378 Å². The standard InChI is InChI=1S/C50H93O11P/c1-4-7-10-13-16-19-21-23-25-28-31-34-37-40-49(53)60-46(42-51)44-58-62(55,56)59-45-47(43-57-48(52)39-36-33-30-27-18-15-12-9-6-3)61-50(54)41-38-35-32-29-26-24-22-20-17-14-11-8-5-2/h11,14,20,22,46-47,51H,4-10,12-13,15-19,21,23-45H2,1-3H3,(H,55,56)/b14-11-,22-20-. The van der Waals surface area contributed by atoms with Crippen LogP contribution in [0, 0.1) is 0 Å². The molecule has 3 unspecified atom stereocenters. The quantitative estimate of drug-likeness (QED) is 0.0197. The van der Waals surface area contributed by atoms with Crippen molar-refractivity contribution in [1.29, 1.82) is 0 Å². The number of ether oxygens (including phenoxy) is 3. The molecular weight excluding hydrogens is 808 g/mol. The van der Waals surface area contributed by atoms with Crippen molar-refractivity contribution in [2.24, 2.45) is 0 Å². The summed E-state index contributed by atoms with van der Waals surface area (Å²) in [5, 5.41) is 9.75. The van der Waals surface area contributed by atoms with Crippen LogP contribution in [0.4, 0.5) is 0 Å². The molecule has 0 aromatic rings. The molecule has 0 radical (unpaired) electrons. The molecular formula is C50H93O11P. The SMILES string of the molecule is CCC/C=C\C/C=C\CCCCCCCC(=O)OC(COC(=O)CCCCCCCCCCC)COP(=O)(O)OCC(CO)OC(=O)CCCCCCCCCCCCCCC. The first-order valence-corrected chi connectivity index (χ1v) is 26.7. The highest BCUT2D eigenvalue weighted by Gasteiger charge is 2.28. The molecule has 0 saturated heterocycles. The Balaban J connectivity index is 4.69. The van der Waals surface area contributed by atoms with E-state index in [1.807, 2.05) is 0 Å². The van der Waals surface area contributed by atoms with Crippen molar-refractivity contribution in [3.8, 4) is 0 Å². The van der Waals surface area contributed by atoms with Crippen molar-refractivity contribution in [3.63, 3.8) is 0 Å². The van der Waals surface area contributed by atoms with Crippen LogP contribution in [0.15, 0.2) is 24.3 Å². The Morgan fingerprint density at radius 1 is 0.452 bits per heavy atom. The van der Waals surface area contributed by atoms with E-state index < -0.39 is 57.8 Å². The molecule has 0 spiro atoms. The molecule has 364 valence electrons. The first kappa shape index (κ1) is 60.0. The molecule has 0 aromatic carbocycles. The number of carbonyl (C=O) groups excluding carboxylic acids is 3. The maximum Gasteiger partial charge on any atom is 0.472 e. The fraction of sp³-hybridized carbons (Fsp3) is 0.860. The number of rotatable bonds is 47. The molecule has 0 aliphatic carbocycles. The Morgan fingerprint density at radius 3 is 1.26 bits per heavy atom. The topological polar surface area (TPSA) is 155 Å². The highest BCUT2D eigenvalue weighted by atomic mass is 31.2. The zero-order valence-electron chi connectivity index (χ0n) is 39.9. The van der Waals surface area contributed by atoms with Crippen molar-refractivity contribution in [2.45, 2.75) is 251 Å². The van der Waals surface area contributed by atoms with Gasteiger partial charge < -0.3 is 24.2 Å². The molecule has 0 rings (SSSR count). The molecule has 0 amide bonds. The number of esters is 3. The fourth-order valence-corrected chi connectivity index (χ4v) is 7.77. The third kappa shape index (κ3) is 43.2. The van der Waals surface area contributed by atoms with Gasteiger partial charge in [0.15, 0.2) is 6.10 Å². The Hall–Kier alpha value is -2.04. The summed E-state index contributed by atoms with van der Waals surface area (Å²) in [6.45, 7) is 4.54. The molecule has 0 heterocycles. The summed E-state index contributed by atoms with van der Waals surface area (Å²) in [5.74, 6) is -1.47. The number of phosphoric acid groups is 1. The van der Waals surface area contributed by atoms with Crippen molar-refractivity contribution in [1.82, 2.24) is 0 Å². The minimum atomic E-state index is -4.73. The van der Waals surface area contributed by atoms with Crippen LogP contribution in [0.25, 0.3) is 0 Å². The summed E-state index contributed by atoms with van der Waals surface area (Å²) in [5.41, 5.74) is 0. The summed E-state index contributed by atoms with van der Waals surface area (Å²) in [6, 6.07) is 0. The lowest BCUT2D eigenvalue weighted by atomic mass is 10.0. The number of phosphoric ester groups is 1. The predicted octanol–water partition coefficient (Wildman–Crippen LogP) is 13.9. The third-order valence-electron chi connectivity index (χ3n) is 10.9. The molecule has 0 aromatic heterocycles. The highest BCUT2D eigenvalue weighted by molar-refractivity contribution is 7.47. The smallest absolute Gasteiger partial charge is 0.462 e. The van der Waals surface area contributed by atoms with Gasteiger partial charge in [0.2, 0.25) is 0 Å². The van der Waals surface area contributed by atoms with Gasteiger partial charge in [-0.3, -0.25) is 23.4 Å². The average Bonchev–Trinajstić information content (AvgIpc) is 3.25. The van der Waals surface area contributed by atoms with Crippen LogP contribution < -0.4 is 0 Å². The average molecular weight is 901 g/mol. The molecule has 12 heteroatoms. The largest absolute Gasteiger partial charge is 0.472 e. The number of carbonyl (C=O) groups is 3. The Morgan fingerprint density at radius 2 is 0.823 bits per heavy atom. The van der Waals surface area contributed by atoms with Crippen LogP contribution in [0.5, 0.6) is 0 Å². The zero-order valence-corrected chi connectivity index (χ0v) is 40.7. The first-order chi connectivity index (χ1) is 30.2. The number of hydrogen-bond donors (Lipinski definition) is 2. The second kappa shape index (κ2) is 45.5. The lowest BCUT2D eigenvalue weighted by Gasteiger charge is -2.21. The fourth-order valence-electron chi connectivity index (χ4n) is 6.98. The second-order valence-electron chi connectivity index (χ2n) is 17.0. The molecule has 0 aliphatic heterocycles. The van der Waals surface area contributed by atoms with Crippen molar-refractivity contribution >= 4 is 25.7 Å². The molecule has 0 bridgehead atoms. The van der Waals surface area contributed by atoms with E-state index in [9.17, 15) is 28.9 Å². The second-order valence-corrected chi connectivity index (χ2v) is 18.4. The maximum atomic E-state index is 12.8. The third-order valence-corrected chi connectivity index (χ3v) is 11.8. The van der Waals surface area contributed by atoms with Gasteiger partial charge in [0.1, 0.15) is 12.7 Å². The van der Waals surface area contributed by atoms with Crippen LogP contribution in [0.3, 0.4) is 0 Å². The zero-order chi connectivity index (χ0) is 45.6. The molecule has 3 atom stereocenters. The number of aliphatic hydroxyl groups excluding tert-OH is 1. The van der Waals surface area contributed by atoms with E-state index in [-0.39, 0.29) is 25.9 Å². The van der Waals surface area contributed by atoms with E-state index in [0.29, 0.717) is 19.3 Å². The van der Waals surface area contributed by atoms with Crippen LogP contribution in [0.1, 0.15) is 239 Å². The van der Waals surface area contributed by atoms with E-state index in [2.05, 4.69) is 45.1 Å². The van der Waals surface area contributed by atoms with Gasteiger partial charge in [-0.2, -0.15) is 0 Å². The van der Waals surface area contributed by atoms with Gasteiger partial charge in [-0.25, -0.2) is 4.57 Å². The Kier molecular flexibility index (Phi) is 44.0. The minimum Gasteiger partial charge on any atom is -0.462 e. The summed E-state index contributed by atoms with van der Waals surface area (Å²) in [6.07, 6.45) is 41.5. The summed E-state index contributed by atoms with van der Waals surface area (Å²) >= 11 is 0. The van der Waals surface area contributed by atoms with Crippen LogP contribution in [-0.4, -0.2) is 66.5 Å². The molecule has 2 N–H and O–H groups in total.